The minimum absolute atomic E-state index is 0.0925. The van der Waals surface area contributed by atoms with Gasteiger partial charge in [-0.2, -0.15) is 0 Å². The number of carbonyl (C=O) groups excluding carboxylic acids is 1. The Balaban J connectivity index is 1.70. The van der Waals surface area contributed by atoms with Crippen LogP contribution in [0.5, 0.6) is 0 Å². The van der Waals surface area contributed by atoms with Gasteiger partial charge in [-0.15, -0.1) is 0 Å². The highest BCUT2D eigenvalue weighted by molar-refractivity contribution is 5.96. The Kier molecular flexibility index (Phi) is 5.16. The van der Waals surface area contributed by atoms with Crippen molar-refractivity contribution >= 4 is 17.7 Å². The van der Waals surface area contributed by atoms with E-state index in [9.17, 15) is 14.9 Å². The number of nitrogens with zero attached hydrogens (tertiary/aromatic N) is 3. The highest BCUT2D eigenvalue weighted by Crippen LogP contribution is 2.39. The van der Waals surface area contributed by atoms with E-state index in [1.165, 1.54) is 12.5 Å². The number of benzene rings is 2. The lowest BCUT2D eigenvalue weighted by atomic mass is 9.79. The van der Waals surface area contributed by atoms with Gasteiger partial charge < -0.3 is 10.1 Å². The highest BCUT2D eigenvalue weighted by atomic mass is 16.6. The van der Waals surface area contributed by atoms with Crippen LogP contribution in [0.3, 0.4) is 0 Å². The van der Waals surface area contributed by atoms with Crippen LogP contribution in [-0.2, 0) is 4.79 Å². The molecule has 3 aromatic rings. The van der Waals surface area contributed by atoms with E-state index in [2.05, 4.69) is 4.98 Å². The largest absolute Gasteiger partial charge is 0.381 e. The molecule has 1 heterocycles. The van der Waals surface area contributed by atoms with Crippen molar-refractivity contribution in [3.05, 3.63) is 112 Å². The second-order valence-electron chi connectivity index (χ2n) is 6.97. The Hall–Kier alpha value is -3.80. The Morgan fingerprint density at radius 2 is 1.72 bits per heavy atom. The van der Waals surface area contributed by atoms with Crippen LogP contribution in [0.25, 0.3) is 6.08 Å². The standard InChI is InChI=1S/C23H19N3O3/c27-21-14-18(12-11-17-7-3-1-4-8-17)13-20(19-9-5-2-6-10-19)23(21)25-15-22(24-16-25)26(28)29/h1-12,14-16,20,23H,13H2/b12-11+/t20-,23-/m1/s1. The molecule has 29 heavy (non-hydrogen) atoms. The van der Waals surface area contributed by atoms with Crippen molar-refractivity contribution in [1.29, 1.82) is 0 Å². The SMILES string of the molecule is O=C1C=C(/C=C/c2ccccc2)C[C@H](c2ccccc2)[C@H]1n1cnc([N+](=O)[O-])c1. The van der Waals surface area contributed by atoms with Gasteiger partial charge in [0.05, 0.1) is 0 Å². The smallest absolute Gasteiger partial charge is 0.358 e. The normalized spacial score (nSPS) is 19.3. The first-order valence-electron chi connectivity index (χ1n) is 9.32. The number of nitro groups is 1. The van der Waals surface area contributed by atoms with Crippen LogP contribution in [0.4, 0.5) is 5.82 Å². The summed E-state index contributed by atoms with van der Waals surface area (Å²) < 4.78 is 1.56. The van der Waals surface area contributed by atoms with E-state index in [1.807, 2.05) is 72.8 Å². The number of carbonyl (C=O) groups is 1. The molecule has 2 atom stereocenters. The maximum Gasteiger partial charge on any atom is 0.381 e. The number of hydrogen-bond acceptors (Lipinski definition) is 4. The molecule has 0 saturated carbocycles. The van der Waals surface area contributed by atoms with E-state index in [0.29, 0.717) is 6.42 Å². The van der Waals surface area contributed by atoms with Crippen molar-refractivity contribution in [2.24, 2.45) is 0 Å². The van der Waals surface area contributed by atoms with Gasteiger partial charge in [-0.25, -0.2) is 0 Å². The third-order valence-corrected chi connectivity index (χ3v) is 5.07. The van der Waals surface area contributed by atoms with Crippen LogP contribution in [0, 0.1) is 10.1 Å². The molecule has 0 spiro atoms. The van der Waals surface area contributed by atoms with Gasteiger partial charge >= 0.3 is 5.82 Å². The number of ketones is 1. The minimum atomic E-state index is -0.563. The zero-order valence-electron chi connectivity index (χ0n) is 15.6. The summed E-state index contributed by atoms with van der Waals surface area (Å²) in [7, 11) is 0. The number of imidazole rings is 1. The molecule has 6 heteroatoms. The minimum Gasteiger partial charge on any atom is -0.358 e. The van der Waals surface area contributed by atoms with Crippen LogP contribution in [0.2, 0.25) is 0 Å². The predicted octanol–water partition coefficient (Wildman–Crippen LogP) is 4.73. The van der Waals surface area contributed by atoms with Gasteiger partial charge in [-0.3, -0.25) is 9.36 Å². The second kappa shape index (κ2) is 8.06. The molecular formula is C23H19N3O3. The van der Waals surface area contributed by atoms with Gasteiger partial charge in [0.25, 0.3) is 0 Å². The van der Waals surface area contributed by atoms with Crippen molar-refractivity contribution in [1.82, 2.24) is 9.55 Å². The maximum absolute atomic E-state index is 13.1. The van der Waals surface area contributed by atoms with Gasteiger partial charge in [0, 0.05) is 5.92 Å². The molecule has 0 fully saturated rings. The monoisotopic (exact) mass is 385 g/mol. The van der Waals surface area contributed by atoms with Crippen molar-refractivity contribution in [3.63, 3.8) is 0 Å². The van der Waals surface area contributed by atoms with Gasteiger partial charge in [0.2, 0.25) is 6.33 Å². The molecule has 0 unspecified atom stereocenters. The third-order valence-electron chi connectivity index (χ3n) is 5.07. The highest BCUT2D eigenvalue weighted by Gasteiger charge is 2.35. The summed E-state index contributed by atoms with van der Waals surface area (Å²) in [5, 5.41) is 11.0. The molecule has 0 N–H and O–H groups in total. The Bertz CT molecular complexity index is 1080. The van der Waals surface area contributed by atoms with Crippen molar-refractivity contribution in [2.45, 2.75) is 18.4 Å². The Morgan fingerprint density at radius 3 is 2.38 bits per heavy atom. The van der Waals surface area contributed by atoms with Crippen LogP contribution < -0.4 is 0 Å². The van der Waals surface area contributed by atoms with E-state index in [0.717, 1.165) is 16.7 Å². The molecule has 0 aliphatic heterocycles. The van der Waals surface area contributed by atoms with Crippen LogP contribution >= 0.6 is 0 Å². The maximum atomic E-state index is 13.1. The molecule has 0 bridgehead atoms. The van der Waals surface area contributed by atoms with E-state index >= 15 is 0 Å². The Labute approximate surface area is 168 Å². The number of rotatable bonds is 5. The number of aromatic nitrogens is 2. The lowest BCUT2D eigenvalue weighted by molar-refractivity contribution is -0.389. The third kappa shape index (κ3) is 4.06. The fraction of sp³-hybridized carbons (Fsp3) is 0.130. The first kappa shape index (κ1) is 18.6. The van der Waals surface area contributed by atoms with Crippen molar-refractivity contribution < 1.29 is 9.72 Å². The predicted molar refractivity (Wildman–Crippen MR) is 110 cm³/mol. The molecule has 1 aliphatic rings. The zero-order valence-corrected chi connectivity index (χ0v) is 15.6. The molecule has 0 saturated heterocycles. The number of hydrogen-bond donors (Lipinski definition) is 0. The lowest BCUT2D eigenvalue weighted by Crippen LogP contribution is -2.28. The Morgan fingerprint density at radius 1 is 1.03 bits per heavy atom. The molecule has 6 nitrogen and oxygen atoms in total. The molecule has 144 valence electrons. The van der Waals surface area contributed by atoms with Crippen molar-refractivity contribution in [3.8, 4) is 0 Å². The van der Waals surface area contributed by atoms with E-state index in [-0.39, 0.29) is 17.5 Å². The van der Waals surface area contributed by atoms with E-state index in [4.69, 9.17) is 0 Å². The first-order valence-corrected chi connectivity index (χ1v) is 9.32. The summed E-state index contributed by atoms with van der Waals surface area (Å²) in [5.74, 6) is -0.494. The summed E-state index contributed by atoms with van der Waals surface area (Å²) in [4.78, 5) is 27.4. The molecule has 1 aromatic heterocycles. The first-order chi connectivity index (χ1) is 14.1. The number of allylic oxidation sites excluding steroid dienone is 3. The van der Waals surface area contributed by atoms with Crippen LogP contribution in [0.1, 0.15) is 29.5 Å². The molecule has 4 rings (SSSR count). The average Bonchev–Trinajstić information content (AvgIpc) is 3.23. The van der Waals surface area contributed by atoms with Crippen LogP contribution in [-0.4, -0.2) is 20.3 Å². The summed E-state index contributed by atoms with van der Waals surface area (Å²) >= 11 is 0. The summed E-state index contributed by atoms with van der Waals surface area (Å²) in [5.41, 5.74) is 3.00. The van der Waals surface area contributed by atoms with E-state index < -0.39 is 11.0 Å². The molecule has 1 aliphatic carbocycles. The lowest BCUT2D eigenvalue weighted by Gasteiger charge is -2.30. The van der Waals surface area contributed by atoms with Gasteiger partial charge in [0.1, 0.15) is 12.2 Å². The van der Waals surface area contributed by atoms with Gasteiger partial charge in [-0.1, -0.05) is 72.8 Å². The molecule has 0 radical (unpaired) electrons. The summed E-state index contributed by atoms with van der Waals surface area (Å²) in [6.45, 7) is 0. The average molecular weight is 385 g/mol. The fourth-order valence-corrected chi connectivity index (χ4v) is 3.70. The van der Waals surface area contributed by atoms with Gasteiger partial charge in [-0.05, 0) is 39.1 Å². The fourth-order valence-electron chi connectivity index (χ4n) is 3.70. The summed E-state index contributed by atoms with van der Waals surface area (Å²) in [6.07, 6.45) is 8.94. The van der Waals surface area contributed by atoms with Gasteiger partial charge in [0.15, 0.2) is 5.78 Å². The summed E-state index contributed by atoms with van der Waals surface area (Å²) in [6, 6.07) is 19.1. The quantitative estimate of drug-likeness (QED) is 0.470. The topological polar surface area (TPSA) is 78.0 Å². The molecule has 2 aromatic carbocycles. The molecule has 0 amide bonds. The van der Waals surface area contributed by atoms with Crippen LogP contribution in [0.15, 0.2) is 90.9 Å². The molecular weight excluding hydrogens is 366 g/mol. The zero-order chi connectivity index (χ0) is 20.2. The second-order valence-corrected chi connectivity index (χ2v) is 6.97. The van der Waals surface area contributed by atoms with E-state index in [1.54, 1.807) is 10.6 Å². The van der Waals surface area contributed by atoms with Crippen molar-refractivity contribution in [2.75, 3.05) is 0 Å².